The maximum Gasteiger partial charge on any atom is 0.323 e. The number of hydrogen-bond donors (Lipinski definition) is 2. The number of aliphatic carboxylic acids is 1. The third-order valence-electron chi connectivity index (χ3n) is 2.91. The van der Waals surface area contributed by atoms with E-state index in [4.69, 9.17) is 9.84 Å². The molecule has 0 aromatic heterocycles. The van der Waals surface area contributed by atoms with Gasteiger partial charge in [0.15, 0.2) is 0 Å². The molecule has 0 saturated carbocycles. The minimum atomic E-state index is -3.69. The standard InChI is InChI=1S/C15H22N2O6S/c1-12(2)23-8-9-24(21,22)16-10-14(18)17(11-15(19)20)13-6-4-3-5-7-13/h3-7,12,16H,8-11H2,1-2H3,(H,19,20). The molecule has 0 heterocycles. The van der Waals surface area contributed by atoms with Crippen LogP contribution in [0.15, 0.2) is 30.3 Å². The Morgan fingerprint density at radius 1 is 1.25 bits per heavy atom. The van der Waals surface area contributed by atoms with Crippen LogP contribution < -0.4 is 9.62 Å². The number of carboxylic acid groups (broad SMARTS) is 1. The number of anilines is 1. The van der Waals surface area contributed by atoms with Gasteiger partial charge in [-0.25, -0.2) is 13.1 Å². The van der Waals surface area contributed by atoms with Crippen molar-refractivity contribution in [2.24, 2.45) is 0 Å². The van der Waals surface area contributed by atoms with Crippen LogP contribution in [-0.2, 0) is 24.3 Å². The van der Waals surface area contributed by atoms with E-state index in [1.54, 1.807) is 44.2 Å². The van der Waals surface area contributed by atoms with Crippen molar-refractivity contribution in [3.63, 3.8) is 0 Å². The van der Waals surface area contributed by atoms with Crippen LogP contribution in [-0.4, -0.2) is 57.0 Å². The molecule has 0 fully saturated rings. The lowest BCUT2D eigenvalue weighted by Crippen LogP contribution is -2.43. The van der Waals surface area contributed by atoms with Crippen molar-refractivity contribution in [2.75, 3.05) is 30.3 Å². The van der Waals surface area contributed by atoms with Gasteiger partial charge in [0, 0.05) is 5.69 Å². The Morgan fingerprint density at radius 2 is 1.88 bits per heavy atom. The van der Waals surface area contributed by atoms with Crippen molar-refractivity contribution in [1.29, 1.82) is 0 Å². The molecule has 1 amide bonds. The molecule has 1 rings (SSSR count). The summed E-state index contributed by atoms with van der Waals surface area (Å²) in [6.45, 7) is 2.51. The number of nitrogens with zero attached hydrogens (tertiary/aromatic N) is 1. The predicted octanol–water partition coefficient (Wildman–Crippen LogP) is 0.449. The molecule has 0 saturated heterocycles. The van der Waals surface area contributed by atoms with Gasteiger partial charge in [0.2, 0.25) is 15.9 Å². The molecular weight excluding hydrogens is 336 g/mol. The van der Waals surface area contributed by atoms with Gasteiger partial charge in [0.05, 0.1) is 25.0 Å². The van der Waals surface area contributed by atoms with E-state index < -0.39 is 35.0 Å². The molecule has 0 aliphatic heterocycles. The van der Waals surface area contributed by atoms with E-state index in [1.165, 1.54) is 0 Å². The first kappa shape index (κ1) is 20.1. The largest absolute Gasteiger partial charge is 0.480 e. The van der Waals surface area contributed by atoms with Gasteiger partial charge in [-0.05, 0) is 26.0 Å². The van der Waals surface area contributed by atoms with Gasteiger partial charge in [-0.2, -0.15) is 0 Å². The van der Waals surface area contributed by atoms with E-state index in [1.807, 2.05) is 0 Å². The van der Waals surface area contributed by atoms with Gasteiger partial charge in [-0.1, -0.05) is 18.2 Å². The second kappa shape index (κ2) is 9.36. The Bertz CT molecular complexity index is 645. The van der Waals surface area contributed by atoms with E-state index in [0.717, 1.165) is 4.90 Å². The fraction of sp³-hybridized carbons (Fsp3) is 0.467. The number of ether oxygens (including phenoxy) is 1. The number of benzene rings is 1. The summed E-state index contributed by atoms with van der Waals surface area (Å²) < 4.78 is 31.0. The minimum Gasteiger partial charge on any atom is -0.480 e. The van der Waals surface area contributed by atoms with Crippen LogP contribution in [0.3, 0.4) is 0 Å². The van der Waals surface area contributed by atoms with Crippen LogP contribution in [0.5, 0.6) is 0 Å². The van der Waals surface area contributed by atoms with Crippen LogP contribution in [0.4, 0.5) is 5.69 Å². The molecule has 0 bridgehead atoms. The molecule has 0 aliphatic carbocycles. The number of carbonyl (C=O) groups is 2. The van der Waals surface area contributed by atoms with Gasteiger partial charge in [0.1, 0.15) is 6.54 Å². The van der Waals surface area contributed by atoms with Crippen LogP contribution >= 0.6 is 0 Å². The Morgan fingerprint density at radius 3 is 2.42 bits per heavy atom. The molecular formula is C15H22N2O6S. The summed E-state index contributed by atoms with van der Waals surface area (Å²) in [4.78, 5) is 24.2. The molecule has 1 aromatic carbocycles. The summed E-state index contributed by atoms with van der Waals surface area (Å²) in [5.74, 6) is -2.12. The second-order valence-electron chi connectivity index (χ2n) is 5.27. The average Bonchev–Trinajstić information content (AvgIpc) is 2.50. The molecule has 0 radical (unpaired) electrons. The summed E-state index contributed by atoms with van der Waals surface area (Å²) in [6, 6.07) is 8.19. The smallest absolute Gasteiger partial charge is 0.323 e. The number of rotatable bonds is 10. The quantitative estimate of drug-likeness (QED) is 0.628. The molecule has 2 N–H and O–H groups in total. The SMILES string of the molecule is CC(C)OCCS(=O)(=O)NCC(=O)N(CC(=O)O)c1ccccc1. The van der Waals surface area contributed by atoms with Crippen molar-refractivity contribution < 1.29 is 27.9 Å². The molecule has 0 atom stereocenters. The van der Waals surface area contributed by atoms with Crippen molar-refractivity contribution in [3.8, 4) is 0 Å². The lowest BCUT2D eigenvalue weighted by Gasteiger charge is -2.21. The molecule has 24 heavy (non-hydrogen) atoms. The Labute approximate surface area is 141 Å². The monoisotopic (exact) mass is 358 g/mol. The van der Waals surface area contributed by atoms with Crippen molar-refractivity contribution in [3.05, 3.63) is 30.3 Å². The Balaban J connectivity index is 2.67. The molecule has 9 heteroatoms. The zero-order chi connectivity index (χ0) is 18.2. The van der Waals surface area contributed by atoms with Crippen LogP contribution in [0, 0.1) is 0 Å². The second-order valence-corrected chi connectivity index (χ2v) is 7.20. The summed E-state index contributed by atoms with van der Waals surface area (Å²) in [6.07, 6.45) is -0.0917. The topological polar surface area (TPSA) is 113 Å². The summed E-state index contributed by atoms with van der Waals surface area (Å²) >= 11 is 0. The summed E-state index contributed by atoms with van der Waals surface area (Å²) in [5, 5.41) is 8.94. The number of amides is 1. The number of carboxylic acids is 1. The first-order valence-corrected chi connectivity index (χ1v) is 9.02. The number of nitrogens with one attached hydrogen (secondary N) is 1. The van der Waals surface area contributed by atoms with Gasteiger partial charge in [-0.3, -0.25) is 9.59 Å². The fourth-order valence-electron chi connectivity index (χ4n) is 1.80. The Hall–Kier alpha value is -1.97. The third kappa shape index (κ3) is 7.53. The first-order valence-electron chi connectivity index (χ1n) is 7.37. The van der Waals surface area contributed by atoms with Crippen LogP contribution in [0.1, 0.15) is 13.8 Å². The zero-order valence-electron chi connectivity index (χ0n) is 13.6. The van der Waals surface area contributed by atoms with E-state index >= 15 is 0 Å². The van der Waals surface area contributed by atoms with E-state index in [0.29, 0.717) is 5.69 Å². The highest BCUT2D eigenvalue weighted by molar-refractivity contribution is 7.89. The molecule has 0 unspecified atom stereocenters. The van der Waals surface area contributed by atoms with Crippen molar-refractivity contribution in [2.45, 2.75) is 20.0 Å². The van der Waals surface area contributed by atoms with Gasteiger partial charge < -0.3 is 14.7 Å². The molecule has 134 valence electrons. The number of carbonyl (C=O) groups excluding carboxylic acids is 1. The van der Waals surface area contributed by atoms with Gasteiger partial charge in [0.25, 0.3) is 0 Å². The summed E-state index contributed by atoms with van der Waals surface area (Å²) in [7, 11) is -3.69. The van der Waals surface area contributed by atoms with Crippen LogP contribution in [0.2, 0.25) is 0 Å². The maximum absolute atomic E-state index is 12.2. The molecule has 1 aromatic rings. The van der Waals surface area contributed by atoms with Crippen molar-refractivity contribution >= 4 is 27.6 Å². The van der Waals surface area contributed by atoms with Gasteiger partial charge in [-0.15, -0.1) is 0 Å². The third-order valence-corrected chi connectivity index (χ3v) is 4.20. The average molecular weight is 358 g/mol. The lowest BCUT2D eigenvalue weighted by molar-refractivity contribution is -0.136. The normalized spacial score (nSPS) is 11.5. The molecule has 0 aliphatic rings. The molecule has 8 nitrogen and oxygen atoms in total. The zero-order valence-corrected chi connectivity index (χ0v) is 14.5. The molecule has 0 spiro atoms. The maximum atomic E-state index is 12.2. The van der Waals surface area contributed by atoms with Gasteiger partial charge >= 0.3 is 5.97 Å². The van der Waals surface area contributed by atoms with E-state index in [-0.39, 0.29) is 18.5 Å². The van der Waals surface area contributed by atoms with E-state index in [2.05, 4.69) is 4.72 Å². The highest BCUT2D eigenvalue weighted by atomic mass is 32.2. The Kier molecular flexibility index (Phi) is 7.83. The van der Waals surface area contributed by atoms with E-state index in [9.17, 15) is 18.0 Å². The van der Waals surface area contributed by atoms with Crippen LogP contribution in [0.25, 0.3) is 0 Å². The minimum absolute atomic E-state index is 0.0126. The highest BCUT2D eigenvalue weighted by Gasteiger charge is 2.21. The predicted molar refractivity (Wildman–Crippen MR) is 89.3 cm³/mol. The summed E-state index contributed by atoms with van der Waals surface area (Å²) in [5.41, 5.74) is 0.382. The number of para-hydroxylation sites is 1. The number of hydrogen-bond acceptors (Lipinski definition) is 5. The number of sulfonamides is 1. The lowest BCUT2D eigenvalue weighted by atomic mass is 10.3. The fourth-order valence-corrected chi connectivity index (χ4v) is 2.60. The highest BCUT2D eigenvalue weighted by Crippen LogP contribution is 2.13. The van der Waals surface area contributed by atoms with Crippen molar-refractivity contribution in [1.82, 2.24) is 4.72 Å². The first-order chi connectivity index (χ1) is 11.2.